The molecule has 0 unspecified atom stereocenters. The van der Waals surface area contributed by atoms with Gasteiger partial charge in [0.15, 0.2) is 5.78 Å². The Morgan fingerprint density at radius 2 is 2.40 bits per heavy atom. The molecule has 0 radical (unpaired) electrons. The van der Waals surface area contributed by atoms with E-state index < -0.39 is 5.97 Å². The Labute approximate surface area is 58.7 Å². The molecule has 0 aliphatic heterocycles. The molecule has 54 valence electrons. The van der Waals surface area contributed by atoms with E-state index in [1.807, 2.05) is 0 Å². The van der Waals surface area contributed by atoms with Crippen LogP contribution in [0.5, 0.6) is 0 Å². The molecule has 0 bridgehead atoms. The first-order chi connectivity index (χ1) is 4.75. The molecule has 0 aromatic heterocycles. The summed E-state index contributed by atoms with van der Waals surface area (Å²) in [5.41, 5.74) is 0.211. The number of ketones is 1. The largest absolute Gasteiger partial charge is 0.465 e. The molecule has 1 rings (SSSR count). The van der Waals surface area contributed by atoms with Crippen molar-refractivity contribution in [2.75, 3.05) is 7.11 Å². The monoisotopic (exact) mass is 140 g/mol. The van der Waals surface area contributed by atoms with Gasteiger partial charge in [-0.25, -0.2) is 4.79 Å². The first-order valence-electron chi connectivity index (χ1n) is 3.07. The first-order valence-corrected chi connectivity index (χ1v) is 3.07. The third-order valence-corrected chi connectivity index (χ3v) is 1.43. The maximum absolute atomic E-state index is 10.8. The highest BCUT2D eigenvalue weighted by Crippen LogP contribution is 2.14. The summed E-state index contributed by atoms with van der Waals surface area (Å²) in [5.74, 6) is -0.616. The number of hydrogen-bond donors (Lipinski definition) is 0. The van der Waals surface area contributed by atoms with Crippen LogP contribution < -0.4 is 0 Å². The second kappa shape index (κ2) is 2.64. The summed E-state index contributed by atoms with van der Waals surface area (Å²) in [6, 6.07) is 0. The van der Waals surface area contributed by atoms with Gasteiger partial charge < -0.3 is 4.74 Å². The predicted octanol–water partition coefficient (Wildman–Crippen LogP) is 0.449. The van der Waals surface area contributed by atoms with Gasteiger partial charge in [-0.2, -0.15) is 0 Å². The third kappa shape index (κ3) is 1.07. The van der Waals surface area contributed by atoms with Gasteiger partial charge in [0.25, 0.3) is 0 Å². The molecule has 0 saturated heterocycles. The average Bonchev–Trinajstić information content (AvgIpc) is 2.34. The van der Waals surface area contributed by atoms with Crippen LogP contribution in [0.2, 0.25) is 0 Å². The smallest absolute Gasteiger partial charge is 0.341 e. The Morgan fingerprint density at radius 3 is 2.80 bits per heavy atom. The highest BCUT2D eigenvalue weighted by atomic mass is 16.5. The zero-order valence-electron chi connectivity index (χ0n) is 5.72. The number of ether oxygens (including phenoxy) is 1. The topological polar surface area (TPSA) is 43.4 Å². The number of esters is 1. The molecule has 0 spiro atoms. The molecular weight excluding hydrogens is 132 g/mol. The van der Waals surface area contributed by atoms with Gasteiger partial charge in [-0.1, -0.05) is 6.08 Å². The van der Waals surface area contributed by atoms with E-state index in [-0.39, 0.29) is 11.4 Å². The molecule has 0 N–H and O–H groups in total. The molecule has 10 heavy (non-hydrogen) atoms. The SMILES string of the molecule is COC(=O)C1=CCCC1=O. The molecule has 0 atom stereocenters. The van der Waals surface area contributed by atoms with Crippen LogP contribution in [0.25, 0.3) is 0 Å². The van der Waals surface area contributed by atoms with E-state index in [1.165, 1.54) is 7.11 Å². The Bertz CT molecular complexity index is 203. The van der Waals surface area contributed by atoms with Crippen molar-refractivity contribution in [3.63, 3.8) is 0 Å². The number of rotatable bonds is 1. The normalized spacial score (nSPS) is 16.9. The quantitative estimate of drug-likeness (QED) is 0.392. The number of hydrogen-bond acceptors (Lipinski definition) is 3. The van der Waals surface area contributed by atoms with Crippen LogP contribution in [-0.2, 0) is 14.3 Å². The van der Waals surface area contributed by atoms with Gasteiger partial charge >= 0.3 is 5.97 Å². The number of carbonyl (C=O) groups excluding carboxylic acids is 2. The van der Waals surface area contributed by atoms with Crippen LogP contribution in [0, 0.1) is 0 Å². The van der Waals surface area contributed by atoms with E-state index in [0.717, 1.165) is 0 Å². The third-order valence-electron chi connectivity index (χ3n) is 1.43. The van der Waals surface area contributed by atoms with Crippen molar-refractivity contribution in [2.45, 2.75) is 12.8 Å². The molecule has 0 fully saturated rings. The second-order valence-corrected chi connectivity index (χ2v) is 2.07. The molecule has 0 amide bonds. The lowest BCUT2D eigenvalue weighted by Gasteiger charge is -1.95. The van der Waals surface area contributed by atoms with E-state index in [2.05, 4.69) is 4.74 Å². The molecule has 3 heteroatoms. The van der Waals surface area contributed by atoms with Gasteiger partial charge in [-0.05, 0) is 6.42 Å². The van der Waals surface area contributed by atoms with Crippen LogP contribution in [0.4, 0.5) is 0 Å². The minimum absolute atomic E-state index is 0.105. The van der Waals surface area contributed by atoms with Crippen LogP contribution in [0.3, 0.4) is 0 Å². The summed E-state index contributed by atoms with van der Waals surface area (Å²) in [4.78, 5) is 21.5. The van der Waals surface area contributed by atoms with Gasteiger partial charge in [-0.3, -0.25) is 4.79 Å². The number of Topliss-reactive ketones (excluding diaryl/α,β-unsaturated/α-hetero) is 1. The first kappa shape index (κ1) is 6.99. The van der Waals surface area contributed by atoms with E-state index >= 15 is 0 Å². The van der Waals surface area contributed by atoms with Gasteiger partial charge in [0.1, 0.15) is 0 Å². The fourth-order valence-electron chi connectivity index (χ4n) is 0.903. The Balaban J connectivity index is 2.72. The van der Waals surface area contributed by atoms with Crippen molar-refractivity contribution in [2.24, 2.45) is 0 Å². The minimum Gasteiger partial charge on any atom is -0.465 e. The molecule has 1 aliphatic carbocycles. The zero-order chi connectivity index (χ0) is 7.56. The van der Waals surface area contributed by atoms with Crippen molar-refractivity contribution in [3.05, 3.63) is 11.6 Å². The van der Waals surface area contributed by atoms with Crippen LogP contribution in [-0.4, -0.2) is 18.9 Å². The van der Waals surface area contributed by atoms with E-state index in [1.54, 1.807) is 6.08 Å². The molecule has 1 aliphatic rings. The Hall–Kier alpha value is -1.12. The minimum atomic E-state index is -0.512. The Morgan fingerprint density at radius 1 is 1.70 bits per heavy atom. The number of allylic oxidation sites excluding steroid dienone is 1. The van der Waals surface area contributed by atoms with Crippen molar-refractivity contribution in [1.29, 1.82) is 0 Å². The highest BCUT2D eigenvalue weighted by Gasteiger charge is 2.21. The summed E-state index contributed by atoms with van der Waals surface area (Å²) >= 11 is 0. The summed E-state index contributed by atoms with van der Waals surface area (Å²) in [6.07, 6.45) is 2.74. The second-order valence-electron chi connectivity index (χ2n) is 2.07. The fraction of sp³-hybridized carbons (Fsp3) is 0.429. The standard InChI is InChI=1S/C7H8O3/c1-10-7(9)5-3-2-4-6(5)8/h3H,2,4H2,1H3. The molecule has 0 aromatic carbocycles. The van der Waals surface area contributed by atoms with Gasteiger partial charge in [0, 0.05) is 6.42 Å². The van der Waals surface area contributed by atoms with Crippen LogP contribution >= 0.6 is 0 Å². The lowest BCUT2D eigenvalue weighted by atomic mass is 10.2. The number of carbonyl (C=O) groups is 2. The summed E-state index contributed by atoms with van der Waals surface area (Å²) in [5, 5.41) is 0. The van der Waals surface area contributed by atoms with Crippen molar-refractivity contribution < 1.29 is 14.3 Å². The van der Waals surface area contributed by atoms with Crippen molar-refractivity contribution in [3.8, 4) is 0 Å². The predicted molar refractivity (Wildman–Crippen MR) is 34.3 cm³/mol. The lowest BCUT2D eigenvalue weighted by Crippen LogP contribution is -2.09. The van der Waals surface area contributed by atoms with E-state index in [9.17, 15) is 9.59 Å². The summed E-state index contributed by atoms with van der Waals surface area (Å²) in [7, 11) is 1.27. The molecule has 0 heterocycles. The summed E-state index contributed by atoms with van der Waals surface area (Å²) in [6.45, 7) is 0. The lowest BCUT2D eigenvalue weighted by molar-refractivity contribution is -0.137. The van der Waals surface area contributed by atoms with Crippen molar-refractivity contribution in [1.82, 2.24) is 0 Å². The summed E-state index contributed by atoms with van der Waals surface area (Å²) < 4.78 is 4.38. The van der Waals surface area contributed by atoms with Gasteiger partial charge in [0.2, 0.25) is 0 Å². The Kier molecular flexibility index (Phi) is 1.85. The van der Waals surface area contributed by atoms with Gasteiger partial charge in [-0.15, -0.1) is 0 Å². The van der Waals surface area contributed by atoms with E-state index in [4.69, 9.17) is 0 Å². The van der Waals surface area contributed by atoms with E-state index in [0.29, 0.717) is 12.8 Å². The highest BCUT2D eigenvalue weighted by molar-refractivity contribution is 6.18. The average molecular weight is 140 g/mol. The van der Waals surface area contributed by atoms with Crippen LogP contribution in [0.15, 0.2) is 11.6 Å². The number of methoxy groups -OCH3 is 1. The molecule has 0 aromatic rings. The fourth-order valence-corrected chi connectivity index (χ4v) is 0.903. The maximum atomic E-state index is 10.8. The molecule has 0 saturated carbocycles. The molecular formula is C7H8O3. The zero-order valence-corrected chi connectivity index (χ0v) is 5.72. The molecule has 3 nitrogen and oxygen atoms in total. The van der Waals surface area contributed by atoms with Gasteiger partial charge in [0.05, 0.1) is 12.7 Å². The van der Waals surface area contributed by atoms with Crippen molar-refractivity contribution >= 4 is 11.8 Å². The maximum Gasteiger partial charge on any atom is 0.341 e. The van der Waals surface area contributed by atoms with Crippen LogP contribution in [0.1, 0.15) is 12.8 Å².